The Balaban J connectivity index is 2.51. The molecule has 0 aromatic heterocycles. The number of benzene rings is 1. The van der Waals surface area contributed by atoms with Gasteiger partial charge >= 0.3 is 5.97 Å². The normalized spacial score (nSPS) is 17.9. The Labute approximate surface area is 90.9 Å². The minimum Gasteiger partial charge on any atom is -0.478 e. The molecular formula is C11H11F2NO2. The van der Waals surface area contributed by atoms with E-state index in [4.69, 9.17) is 10.8 Å². The molecule has 5 heteroatoms. The molecule has 86 valence electrons. The van der Waals surface area contributed by atoms with Gasteiger partial charge in [0.25, 0.3) is 0 Å². The van der Waals surface area contributed by atoms with Crippen LogP contribution in [0, 0.1) is 11.6 Å². The molecule has 0 amide bonds. The fourth-order valence-electron chi connectivity index (χ4n) is 1.93. The van der Waals surface area contributed by atoms with E-state index in [0.29, 0.717) is 12.8 Å². The topological polar surface area (TPSA) is 63.3 Å². The van der Waals surface area contributed by atoms with Gasteiger partial charge in [-0.3, -0.25) is 0 Å². The van der Waals surface area contributed by atoms with Crippen molar-refractivity contribution in [2.75, 3.05) is 0 Å². The maximum atomic E-state index is 13.6. The molecule has 0 heterocycles. The van der Waals surface area contributed by atoms with Crippen LogP contribution in [0.25, 0.3) is 0 Å². The summed E-state index contributed by atoms with van der Waals surface area (Å²) in [7, 11) is 0. The van der Waals surface area contributed by atoms with E-state index >= 15 is 0 Å². The number of nitrogens with two attached hydrogens (primary N) is 1. The molecule has 1 aliphatic rings. The highest BCUT2D eigenvalue weighted by molar-refractivity contribution is 5.88. The molecule has 2 rings (SSSR count). The van der Waals surface area contributed by atoms with E-state index in [9.17, 15) is 13.6 Å². The number of hydrogen-bond acceptors (Lipinski definition) is 2. The first-order chi connectivity index (χ1) is 7.46. The second kappa shape index (κ2) is 3.52. The van der Waals surface area contributed by atoms with Gasteiger partial charge < -0.3 is 10.8 Å². The van der Waals surface area contributed by atoms with E-state index in [-0.39, 0.29) is 5.56 Å². The molecule has 0 radical (unpaired) electrons. The van der Waals surface area contributed by atoms with Crippen molar-refractivity contribution in [3.8, 4) is 0 Å². The monoisotopic (exact) mass is 227 g/mol. The van der Waals surface area contributed by atoms with Gasteiger partial charge in [-0.25, -0.2) is 13.6 Å². The molecule has 0 aliphatic heterocycles. The van der Waals surface area contributed by atoms with E-state index in [1.54, 1.807) is 0 Å². The van der Waals surface area contributed by atoms with Crippen LogP contribution in [0.15, 0.2) is 12.1 Å². The fraction of sp³-hybridized carbons (Fsp3) is 0.364. The van der Waals surface area contributed by atoms with Crippen molar-refractivity contribution in [2.45, 2.75) is 24.8 Å². The van der Waals surface area contributed by atoms with Gasteiger partial charge in [0.05, 0.1) is 5.56 Å². The average molecular weight is 227 g/mol. The highest BCUT2D eigenvalue weighted by Gasteiger charge is 2.38. The summed E-state index contributed by atoms with van der Waals surface area (Å²) in [5.41, 5.74) is 4.44. The lowest BCUT2D eigenvalue weighted by atomic mass is 9.72. The summed E-state index contributed by atoms with van der Waals surface area (Å²) in [6.45, 7) is 0. The third-order valence-corrected chi connectivity index (χ3v) is 3.09. The summed E-state index contributed by atoms with van der Waals surface area (Å²) in [6.07, 6.45) is 2.06. The Morgan fingerprint density at radius 2 is 1.94 bits per heavy atom. The molecule has 3 N–H and O–H groups in total. The van der Waals surface area contributed by atoms with Gasteiger partial charge in [0, 0.05) is 11.1 Å². The molecule has 1 aliphatic carbocycles. The van der Waals surface area contributed by atoms with E-state index in [0.717, 1.165) is 12.5 Å². The number of aromatic carboxylic acids is 1. The second-order valence-electron chi connectivity index (χ2n) is 4.10. The maximum absolute atomic E-state index is 13.6. The van der Waals surface area contributed by atoms with Crippen LogP contribution in [0.5, 0.6) is 0 Å². The zero-order chi connectivity index (χ0) is 11.9. The minimum absolute atomic E-state index is 0.0706. The van der Waals surface area contributed by atoms with E-state index < -0.39 is 28.7 Å². The Hall–Kier alpha value is -1.49. The number of carbonyl (C=O) groups is 1. The summed E-state index contributed by atoms with van der Waals surface area (Å²) in [6, 6.07) is 2.32. The zero-order valence-electron chi connectivity index (χ0n) is 8.46. The lowest BCUT2D eigenvalue weighted by Crippen LogP contribution is -2.44. The van der Waals surface area contributed by atoms with Gasteiger partial charge in [0.2, 0.25) is 0 Å². The zero-order valence-corrected chi connectivity index (χ0v) is 8.46. The molecule has 0 unspecified atom stereocenters. The molecule has 1 saturated carbocycles. The highest BCUT2D eigenvalue weighted by atomic mass is 19.2. The summed E-state index contributed by atoms with van der Waals surface area (Å²) in [5.74, 6) is -3.95. The van der Waals surface area contributed by atoms with E-state index in [1.165, 1.54) is 6.07 Å². The average Bonchev–Trinajstić information content (AvgIpc) is 2.18. The third-order valence-electron chi connectivity index (χ3n) is 3.09. The van der Waals surface area contributed by atoms with Crippen molar-refractivity contribution in [2.24, 2.45) is 5.73 Å². The Morgan fingerprint density at radius 1 is 1.31 bits per heavy atom. The first-order valence-corrected chi connectivity index (χ1v) is 4.96. The number of halogens is 2. The number of rotatable bonds is 2. The SMILES string of the molecule is NC1(c2ccc(C(=O)O)c(F)c2F)CCC1. The quantitative estimate of drug-likeness (QED) is 0.812. The standard InChI is InChI=1S/C11H11F2NO2/c12-8-6(10(15)16)2-3-7(9(8)13)11(14)4-1-5-11/h2-3H,1,4-5,14H2,(H,15,16). The summed E-state index contributed by atoms with van der Waals surface area (Å²) in [5, 5.41) is 8.62. The van der Waals surface area contributed by atoms with Crippen LogP contribution >= 0.6 is 0 Å². The predicted octanol–water partition coefficient (Wildman–Crippen LogP) is 2.00. The van der Waals surface area contributed by atoms with E-state index in [2.05, 4.69) is 0 Å². The first kappa shape index (κ1) is 11.0. The molecular weight excluding hydrogens is 216 g/mol. The van der Waals surface area contributed by atoms with Gasteiger partial charge in [-0.2, -0.15) is 0 Å². The minimum atomic E-state index is -1.48. The molecule has 0 atom stereocenters. The van der Waals surface area contributed by atoms with Gasteiger partial charge in [0.15, 0.2) is 11.6 Å². The summed E-state index contributed by atoms with van der Waals surface area (Å²) >= 11 is 0. The van der Waals surface area contributed by atoms with Gasteiger partial charge in [-0.1, -0.05) is 6.07 Å². The number of carboxylic acids is 1. The van der Waals surface area contributed by atoms with Crippen molar-refractivity contribution < 1.29 is 18.7 Å². The van der Waals surface area contributed by atoms with Crippen LogP contribution < -0.4 is 5.73 Å². The molecule has 0 saturated heterocycles. The molecule has 0 bridgehead atoms. The van der Waals surface area contributed by atoms with Crippen LogP contribution in [0.2, 0.25) is 0 Å². The van der Waals surface area contributed by atoms with Crippen molar-refractivity contribution in [1.29, 1.82) is 0 Å². The van der Waals surface area contributed by atoms with Crippen molar-refractivity contribution in [3.63, 3.8) is 0 Å². The van der Waals surface area contributed by atoms with Crippen molar-refractivity contribution >= 4 is 5.97 Å². The lowest BCUT2D eigenvalue weighted by molar-refractivity contribution is 0.0690. The van der Waals surface area contributed by atoms with Crippen LogP contribution in [-0.2, 0) is 5.54 Å². The first-order valence-electron chi connectivity index (χ1n) is 4.96. The molecule has 1 aromatic carbocycles. The van der Waals surface area contributed by atoms with Crippen LogP contribution in [0.3, 0.4) is 0 Å². The van der Waals surface area contributed by atoms with Crippen molar-refractivity contribution in [1.82, 2.24) is 0 Å². The predicted molar refractivity (Wildman–Crippen MR) is 53.0 cm³/mol. The Bertz CT molecular complexity index is 456. The van der Waals surface area contributed by atoms with E-state index in [1.807, 2.05) is 0 Å². The largest absolute Gasteiger partial charge is 0.478 e. The molecule has 0 spiro atoms. The molecule has 3 nitrogen and oxygen atoms in total. The van der Waals surface area contributed by atoms with Crippen LogP contribution in [0.4, 0.5) is 8.78 Å². The fourth-order valence-corrected chi connectivity index (χ4v) is 1.93. The van der Waals surface area contributed by atoms with Crippen LogP contribution in [0.1, 0.15) is 35.2 Å². The number of carboxylic acid groups (broad SMARTS) is 1. The van der Waals surface area contributed by atoms with Gasteiger partial charge in [-0.15, -0.1) is 0 Å². The summed E-state index contributed by atoms with van der Waals surface area (Å²) in [4.78, 5) is 10.6. The molecule has 1 fully saturated rings. The third kappa shape index (κ3) is 1.48. The van der Waals surface area contributed by atoms with Crippen LogP contribution in [-0.4, -0.2) is 11.1 Å². The number of hydrogen-bond donors (Lipinski definition) is 2. The Morgan fingerprint density at radius 3 is 2.38 bits per heavy atom. The Kier molecular flexibility index (Phi) is 2.42. The maximum Gasteiger partial charge on any atom is 0.338 e. The van der Waals surface area contributed by atoms with Crippen molar-refractivity contribution in [3.05, 3.63) is 34.9 Å². The van der Waals surface area contributed by atoms with Gasteiger partial charge in [0.1, 0.15) is 0 Å². The summed E-state index contributed by atoms with van der Waals surface area (Å²) < 4.78 is 27.0. The molecule has 1 aromatic rings. The second-order valence-corrected chi connectivity index (χ2v) is 4.10. The lowest BCUT2D eigenvalue weighted by Gasteiger charge is -2.38. The highest BCUT2D eigenvalue weighted by Crippen LogP contribution is 2.40. The van der Waals surface area contributed by atoms with Gasteiger partial charge in [-0.05, 0) is 25.3 Å². The smallest absolute Gasteiger partial charge is 0.338 e. The molecule has 16 heavy (non-hydrogen) atoms.